The molecule has 1 atom stereocenters. The Labute approximate surface area is 99.0 Å². The molecule has 0 saturated carbocycles. The number of carbonyl (C=O) groups is 1. The van der Waals surface area contributed by atoms with Crippen LogP contribution in [0, 0.1) is 24.2 Å². The number of halogens is 1. The van der Waals surface area contributed by atoms with E-state index in [1.807, 2.05) is 25.1 Å². The summed E-state index contributed by atoms with van der Waals surface area (Å²) in [6.45, 7) is 1.93. The number of benzene rings is 1. The van der Waals surface area contributed by atoms with Crippen molar-refractivity contribution in [1.29, 1.82) is 5.26 Å². The van der Waals surface area contributed by atoms with Crippen molar-refractivity contribution in [3.8, 4) is 6.07 Å². The number of anilines is 1. The molecule has 0 saturated heterocycles. The average Bonchev–Trinajstić information content (AvgIpc) is 2.26. The first-order valence-electron chi connectivity index (χ1n) is 5.09. The van der Waals surface area contributed by atoms with Crippen LogP contribution in [0.5, 0.6) is 0 Å². The molecule has 1 unspecified atom stereocenters. The lowest BCUT2D eigenvalue weighted by molar-refractivity contribution is -0.120. The third-order valence-corrected chi connectivity index (χ3v) is 3.23. The number of rotatable bonds is 1. The minimum Gasteiger partial charge on any atom is -0.325 e. The van der Waals surface area contributed by atoms with Crippen molar-refractivity contribution >= 4 is 23.2 Å². The number of nitrogens with zero attached hydrogens (tertiary/aromatic N) is 1. The van der Waals surface area contributed by atoms with E-state index in [1.165, 1.54) is 0 Å². The fourth-order valence-corrected chi connectivity index (χ4v) is 2.19. The Balaban J connectivity index is 2.43. The normalized spacial score (nSPS) is 18.6. The highest BCUT2D eigenvalue weighted by Gasteiger charge is 2.28. The zero-order valence-corrected chi connectivity index (χ0v) is 9.64. The molecule has 4 heteroatoms. The molecule has 0 fully saturated rings. The molecule has 0 bridgehead atoms. The summed E-state index contributed by atoms with van der Waals surface area (Å²) in [5.74, 6) is -0.365. The molecule has 1 N–H and O–H groups in total. The van der Waals surface area contributed by atoms with Crippen molar-refractivity contribution in [1.82, 2.24) is 0 Å². The maximum atomic E-state index is 11.7. The Kier molecular flexibility index (Phi) is 2.84. The van der Waals surface area contributed by atoms with Crippen LogP contribution in [0.4, 0.5) is 5.69 Å². The molecule has 3 nitrogen and oxygen atoms in total. The molecule has 0 spiro atoms. The topological polar surface area (TPSA) is 52.9 Å². The van der Waals surface area contributed by atoms with Gasteiger partial charge in [0.05, 0.1) is 12.0 Å². The summed E-state index contributed by atoms with van der Waals surface area (Å²) in [5.41, 5.74) is 2.76. The molecule has 1 aromatic carbocycles. The molecule has 1 amide bonds. The van der Waals surface area contributed by atoms with Crippen LogP contribution in [0.1, 0.15) is 17.5 Å². The number of nitriles is 1. The van der Waals surface area contributed by atoms with Crippen LogP contribution < -0.4 is 5.32 Å². The van der Waals surface area contributed by atoms with Gasteiger partial charge in [0.1, 0.15) is 0 Å². The number of fused-ring (bicyclic) bond motifs is 1. The second kappa shape index (κ2) is 4.15. The third-order valence-electron chi connectivity index (χ3n) is 2.87. The molecule has 0 aliphatic carbocycles. The predicted octanol–water partition coefficient (Wildman–Crippen LogP) is 2.67. The number of hydrogen-bond donors (Lipinski definition) is 1. The van der Waals surface area contributed by atoms with Gasteiger partial charge in [0.2, 0.25) is 5.91 Å². The summed E-state index contributed by atoms with van der Waals surface area (Å²) in [7, 11) is 0. The van der Waals surface area contributed by atoms with Crippen LogP contribution in [0.15, 0.2) is 12.1 Å². The molecule has 0 radical (unpaired) electrons. The highest BCUT2D eigenvalue weighted by Crippen LogP contribution is 2.34. The maximum Gasteiger partial charge on any atom is 0.228 e. The summed E-state index contributed by atoms with van der Waals surface area (Å²) >= 11 is 6.09. The van der Waals surface area contributed by atoms with Crippen molar-refractivity contribution in [2.24, 2.45) is 5.92 Å². The number of amides is 1. The van der Waals surface area contributed by atoms with Crippen molar-refractivity contribution < 1.29 is 4.79 Å². The second-order valence-electron chi connectivity index (χ2n) is 3.97. The van der Waals surface area contributed by atoms with Crippen LogP contribution in [0.3, 0.4) is 0 Å². The Bertz CT molecular complexity index is 491. The Hall–Kier alpha value is -1.53. The number of carbonyl (C=O) groups excluding carboxylic acids is 1. The first kappa shape index (κ1) is 11.0. The van der Waals surface area contributed by atoms with Crippen molar-refractivity contribution in [3.05, 3.63) is 28.3 Å². The van der Waals surface area contributed by atoms with Gasteiger partial charge in [0, 0.05) is 17.1 Å². The van der Waals surface area contributed by atoms with E-state index in [4.69, 9.17) is 16.9 Å². The fourth-order valence-electron chi connectivity index (χ4n) is 1.95. The van der Waals surface area contributed by atoms with Crippen LogP contribution in [-0.2, 0) is 11.2 Å². The van der Waals surface area contributed by atoms with Gasteiger partial charge < -0.3 is 5.32 Å². The molecular weight excluding hydrogens is 224 g/mol. The Morgan fingerprint density at radius 1 is 1.62 bits per heavy atom. The van der Waals surface area contributed by atoms with E-state index in [2.05, 4.69) is 5.32 Å². The van der Waals surface area contributed by atoms with Gasteiger partial charge in [-0.2, -0.15) is 5.26 Å². The largest absolute Gasteiger partial charge is 0.325 e. The van der Waals surface area contributed by atoms with Crippen LogP contribution in [0.2, 0.25) is 5.02 Å². The van der Waals surface area contributed by atoms with Crippen LogP contribution >= 0.6 is 11.6 Å². The quantitative estimate of drug-likeness (QED) is 0.812. The summed E-state index contributed by atoms with van der Waals surface area (Å²) in [4.78, 5) is 11.7. The average molecular weight is 235 g/mol. The monoisotopic (exact) mass is 234 g/mol. The first-order chi connectivity index (χ1) is 7.63. The predicted molar refractivity (Wildman–Crippen MR) is 62.2 cm³/mol. The SMILES string of the molecule is Cc1ccc(Cl)c2c1NC(=O)C(CC#N)C2. The molecule has 2 rings (SSSR count). The summed E-state index contributed by atoms with van der Waals surface area (Å²) in [6, 6.07) is 5.74. The van der Waals surface area contributed by atoms with E-state index in [-0.39, 0.29) is 18.2 Å². The first-order valence-corrected chi connectivity index (χ1v) is 5.47. The van der Waals surface area contributed by atoms with Gasteiger partial charge >= 0.3 is 0 Å². The lowest BCUT2D eigenvalue weighted by Gasteiger charge is -2.25. The van der Waals surface area contributed by atoms with Gasteiger partial charge in [0.15, 0.2) is 0 Å². The highest BCUT2D eigenvalue weighted by atomic mass is 35.5. The summed E-state index contributed by atoms with van der Waals surface area (Å²) < 4.78 is 0. The zero-order chi connectivity index (χ0) is 11.7. The van der Waals surface area contributed by atoms with E-state index < -0.39 is 0 Å². The molecule has 0 aromatic heterocycles. The van der Waals surface area contributed by atoms with E-state index >= 15 is 0 Å². The van der Waals surface area contributed by atoms with E-state index in [1.54, 1.807) is 0 Å². The molecule has 1 aliphatic heterocycles. The lowest BCUT2D eigenvalue weighted by Crippen LogP contribution is -2.30. The van der Waals surface area contributed by atoms with Gasteiger partial charge in [-0.1, -0.05) is 17.7 Å². The third kappa shape index (κ3) is 1.77. The van der Waals surface area contributed by atoms with Crippen LogP contribution in [0.25, 0.3) is 0 Å². The van der Waals surface area contributed by atoms with Crippen molar-refractivity contribution in [2.45, 2.75) is 19.8 Å². The molecule has 16 heavy (non-hydrogen) atoms. The van der Waals surface area contributed by atoms with Crippen molar-refractivity contribution in [3.63, 3.8) is 0 Å². The number of aryl methyl sites for hydroxylation is 1. The molecule has 1 aliphatic rings. The minimum absolute atomic E-state index is 0.0839. The molecule has 1 aromatic rings. The highest BCUT2D eigenvalue weighted by molar-refractivity contribution is 6.32. The summed E-state index contributed by atoms with van der Waals surface area (Å²) in [5, 5.41) is 12.1. The number of nitrogens with one attached hydrogen (secondary N) is 1. The van der Waals surface area contributed by atoms with Crippen molar-refractivity contribution in [2.75, 3.05) is 5.32 Å². The zero-order valence-electron chi connectivity index (χ0n) is 8.88. The fraction of sp³-hybridized carbons (Fsp3) is 0.333. The van der Waals surface area contributed by atoms with Gasteiger partial charge in [-0.25, -0.2) is 0 Å². The molecule has 1 heterocycles. The van der Waals surface area contributed by atoms with Gasteiger partial charge in [0.25, 0.3) is 0 Å². The van der Waals surface area contributed by atoms with E-state index in [0.29, 0.717) is 11.4 Å². The minimum atomic E-state index is -0.281. The smallest absolute Gasteiger partial charge is 0.228 e. The second-order valence-corrected chi connectivity index (χ2v) is 4.38. The van der Waals surface area contributed by atoms with Gasteiger partial charge in [-0.05, 0) is 30.5 Å². The molecular formula is C12H11ClN2O. The van der Waals surface area contributed by atoms with E-state index in [9.17, 15) is 4.79 Å². The lowest BCUT2D eigenvalue weighted by atomic mass is 9.90. The number of hydrogen-bond acceptors (Lipinski definition) is 2. The Morgan fingerprint density at radius 2 is 2.38 bits per heavy atom. The van der Waals surface area contributed by atoms with E-state index in [0.717, 1.165) is 16.8 Å². The van der Waals surface area contributed by atoms with Gasteiger partial charge in [-0.3, -0.25) is 4.79 Å². The standard InChI is InChI=1S/C12H11ClN2O/c1-7-2-3-10(13)9-6-8(4-5-14)12(16)15-11(7)9/h2-3,8H,4,6H2,1H3,(H,15,16). The maximum absolute atomic E-state index is 11.7. The summed E-state index contributed by atoms with van der Waals surface area (Å²) in [6.07, 6.45) is 0.783. The van der Waals surface area contributed by atoms with Crippen LogP contribution in [-0.4, -0.2) is 5.91 Å². The van der Waals surface area contributed by atoms with Gasteiger partial charge in [-0.15, -0.1) is 0 Å². The molecule has 82 valence electrons. The Morgan fingerprint density at radius 3 is 3.06 bits per heavy atom.